The minimum Gasteiger partial charge on any atom is -0.493 e. The molecule has 0 aliphatic carbocycles. The standard InChI is InChI=1S/C20H14ClNO4/c21-19-6-3-12-9-15(1-4-16(12)22-19)20(24)26-11-17(23)13-2-5-18-14(10-13)7-8-25-18/h1-6,9-10H,7-8,11H2. The number of Topliss-reactive ketones (excluding diaryl/α,β-unsaturated/α-hetero) is 1. The normalized spacial score (nSPS) is 12.5. The van der Waals surface area contributed by atoms with E-state index >= 15 is 0 Å². The van der Waals surface area contributed by atoms with Crippen LogP contribution in [-0.4, -0.2) is 30.0 Å². The lowest BCUT2D eigenvalue weighted by atomic mass is 10.1. The maximum atomic E-state index is 12.3. The van der Waals surface area contributed by atoms with Crippen LogP contribution in [0.25, 0.3) is 10.9 Å². The van der Waals surface area contributed by atoms with Gasteiger partial charge in [0.2, 0.25) is 0 Å². The highest BCUT2D eigenvalue weighted by Gasteiger charge is 2.17. The summed E-state index contributed by atoms with van der Waals surface area (Å²) in [5.41, 5.74) is 2.56. The summed E-state index contributed by atoms with van der Waals surface area (Å²) in [6, 6.07) is 13.7. The van der Waals surface area contributed by atoms with Crippen molar-refractivity contribution in [2.24, 2.45) is 0 Å². The van der Waals surface area contributed by atoms with Gasteiger partial charge in [0, 0.05) is 17.4 Å². The zero-order chi connectivity index (χ0) is 18.1. The minimum absolute atomic E-state index is 0.248. The topological polar surface area (TPSA) is 65.5 Å². The molecule has 1 aliphatic rings. The number of nitrogens with zero attached hydrogens (tertiary/aromatic N) is 1. The SMILES string of the molecule is O=C(COC(=O)c1ccc2nc(Cl)ccc2c1)c1ccc2c(c1)CCO2. The van der Waals surface area contributed by atoms with Crippen molar-refractivity contribution in [3.63, 3.8) is 0 Å². The second-order valence-electron chi connectivity index (χ2n) is 5.96. The van der Waals surface area contributed by atoms with Gasteiger partial charge in [0.15, 0.2) is 12.4 Å². The second-order valence-corrected chi connectivity index (χ2v) is 6.35. The van der Waals surface area contributed by atoms with Crippen molar-refractivity contribution in [2.75, 3.05) is 13.2 Å². The molecule has 130 valence electrons. The van der Waals surface area contributed by atoms with Gasteiger partial charge in [-0.25, -0.2) is 9.78 Å². The molecule has 0 saturated carbocycles. The Bertz CT molecular complexity index is 1030. The Hall–Kier alpha value is -2.92. The zero-order valence-electron chi connectivity index (χ0n) is 13.7. The van der Waals surface area contributed by atoms with Crippen LogP contribution in [-0.2, 0) is 11.2 Å². The second kappa shape index (κ2) is 6.77. The smallest absolute Gasteiger partial charge is 0.338 e. The fraction of sp³-hybridized carbons (Fsp3) is 0.150. The van der Waals surface area contributed by atoms with Crippen LogP contribution in [0.15, 0.2) is 48.5 Å². The number of benzene rings is 2. The van der Waals surface area contributed by atoms with Gasteiger partial charge >= 0.3 is 5.97 Å². The number of pyridine rings is 1. The van der Waals surface area contributed by atoms with Gasteiger partial charge in [-0.15, -0.1) is 0 Å². The first-order chi connectivity index (χ1) is 12.6. The Labute approximate surface area is 154 Å². The van der Waals surface area contributed by atoms with Gasteiger partial charge in [-0.2, -0.15) is 0 Å². The number of hydrogen-bond donors (Lipinski definition) is 0. The molecule has 5 nitrogen and oxygen atoms in total. The molecule has 0 saturated heterocycles. The zero-order valence-corrected chi connectivity index (χ0v) is 14.5. The molecule has 0 N–H and O–H groups in total. The minimum atomic E-state index is -0.556. The van der Waals surface area contributed by atoms with Crippen molar-refractivity contribution >= 4 is 34.3 Å². The van der Waals surface area contributed by atoms with E-state index in [-0.39, 0.29) is 12.4 Å². The van der Waals surface area contributed by atoms with E-state index in [4.69, 9.17) is 21.1 Å². The van der Waals surface area contributed by atoms with Gasteiger partial charge in [0.1, 0.15) is 10.9 Å². The highest BCUT2D eigenvalue weighted by Crippen LogP contribution is 2.26. The average Bonchev–Trinajstić information content (AvgIpc) is 3.13. The number of halogens is 1. The van der Waals surface area contributed by atoms with Crippen LogP contribution in [0.5, 0.6) is 5.75 Å². The molecule has 1 aliphatic heterocycles. The number of esters is 1. The van der Waals surface area contributed by atoms with Gasteiger partial charge in [-0.3, -0.25) is 4.79 Å². The van der Waals surface area contributed by atoms with Crippen molar-refractivity contribution in [3.8, 4) is 5.75 Å². The molecule has 2 heterocycles. The number of hydrogen-bond acceptors (Lipinski definition) is 5. The maximum absolute atomic E-state index is 12.3. The van der Waals surface area contributed by atoms with E-state index in [1.165, 1.54) is 0 Å². The number of ketones is 1. The third-order valence-corrected chi connectivity index (χ3v) is 4.45. The molecule has 0 bridgehead atoms. The lowest BCUT2D eigenvalue weighted by molar-refractivity contribution is 0.0475. The first-order valence-corrected chi connectivity index (χ1v) is 8.50. The lowest BCUT2D eigenvalue weighted by Crippen LogP contribution is -2.14. The number of aromatic nitrogens is 1. The maximum Gasteiger partial charge on any atom is 0.338 e. The molecule has 0 unspecified atom stereocenters. The summed E-state index contributed by atoms with van der Waals surface area (Å²) in [6.45, 7) is 0.319. The lowest BCUT2D eigenvalue weighted by Gasteiger charge is -2.07. The quantitative estimate of drug-likeness (QED) is 0.398. The van der Waals surface area contributed by atoms with Crippen LogP contribution in [0.4, 0.5) is 0 Å². The van der Waals surface area contributed by atoms with Gasteiger partial charge in [-0.1, -0.05) is 11.6 Å². The predicted octanol–water partition coefficient (Wildman–Crippen LogP) is 3.86. The first-order valence-electron chi connectivity index (χ1n) is 8.12. The molecular formula is C20H14ClNO4. The Morgan fingerprint density at radius 3 is 2.81 bits per heavy atom. The van der Waals surface area contributed by atoms with Crippen LogP contribution in [0.1, 0.15) is 26.3 Å². The molecule has 2 aromatic carbocycles. The monoisotopic (exact) mass is 367 g/mol. The fourth-order valence-electron chi connectivity index (χ4n) is 2.89. The van der Waals surface area contributed by atoms with E-state index in [0.29, 0.717) is 28.4 Å². The highest BCUT2D eigenvalue weighted by molar-refractivity contribution is 6.29. The van der Waals surface area contributed by atoms with Crippen molar-refractivity contribution in [2.45, 2.75) is 6.42 Å². The Morgan fingerprint density at radius 2 is 1.92 bits per heavy atom. The number of fused-ring (bicyclic) bond motifs is 2. The number of carbonyl (C=O) groups excluding carboxylic acids is 2. The van der Waals surface area contributed by atoms with Crippen LogP contribution in [0.2, 0.25) is 5.15 Å². The van der Waals surface area contributed by atoms with Crippen LogP contribution >= 0.6 is 11.6 Å². The fourth-order valence-corrected chi connectivity index (χ4v) is 3.04. The third kappa shape index (κ3) is 3.26. The van der Waals surface area contributed by atoms with Crippen molar-refractivity contribution in [3.05, 3.63) is 70.4 Å². The highest BCUT2D eigenvalue weighted by atomic mass is 35.5. The number of rotatable bonds is 4. The van der Waals surface area contributed by atoms with Gasteiger partial charge < -0.3 is 9.47 Å². The van der Waals surface area contributed by atoms with E-state index in [1.54, 1.807) is 48.5 Å². The molecule has 1 aromatic heterocycles. The molecule has 6 heteroatoms. The van der Waals surface area contributed by atoms with Gasteiger partial charge in [0.25, 0.3) is 0 Å². The summed E-state index contributed by atoms with van der Waals surface area (Å²) in [7, 11) is 0. The Kier molecular flexibility index (Phi) is 4.31. The number of carbonyl (C=O) groups is 2. The van der Waals surface area contributed by atoms with Crippen molar-refractivity contribution in [1.82, 2.24) is 4.98 Å². The molecule has 4 rings (SSSR count). The molecule has 0 radical (unpaired) electrons. The van der Waals surface area contributed by atoms with E-state index in [2.05, 4.69) is 4.98 Å². The van der Waals surface area contributed by atoms with Crippen LogP contribution in [0, 0.1) is 0 Å². The van der Waals surface area contributed by atoms with Crippen LogP contribution < -0.4 is 4.74 Å². The van der Waals surface area contributed by atoms with Crippen molar-refractivity contribution < 1.29 is 19.1 Å². The summed E-state index contributed by atoms with van der Waals surface area (Å²) < 4.78 is 10.6. The van der Waals surface area contributed by atoms with E-state index < -0.39 is 5.97 Å². The van der Waals surface area contributed by atoms with E-state index in [9.17, 15) is 9.59 Å². The Morgan fingerprint density at radius 1 is 1.08 bits per heavy atom. The molecular weight excluding hydrogens is 354 g/mol. The summed E-state index contributed by atoms with van der Waals surface area (Å²) in [6.07, 6.45) is 0.783. The van der Waals surface area contributed by atoms with E-state index in [1.807, 2.05) is 0 Å². The summed E-state index contributed by atoms with van der Waals surface area (Å²) in [5.74, 6) is 0.00500. The van der Waals surface area contributed by atoms with Crippen molar-refractivity contribution in [1.29, 1.82) is 0 Å². The average molecular weight is 368 g/mol. The molecule has 3 aromatic rings. The van der Waals surface area contributed by atoms with E-state index in [0.717, 1.165) is 23.1 Å². The molecule has 26 heavy (non-hydrogen) atoms. The first kappa shape index (κ1) is 16.5. The molecule has 0 fully saturated rings. The van der Waals surface area contributed by atoms with Gasteiger partial charge in [0.05, 0.1) is 17.7 Å². The summed E-state index contributed by atoms with van der Waals surface area (Å²) in [4.78, 5) is 28.7. The summed E-state index contributed by atoms with van der Waals surface area (Å²) in [5, 5.41) is 1.16. The number of ether oxygens (including phenoxy) is 2. The summed E-state index contributed by atoms with van der Waals surface area (Å²) >= 11 is 5.85. The molecule has 0 spiro atoms. The van der Waals surface area contributed by atoms with Gasteiger partial charge in [-0.05, 0) is 54.1 Å². The van der Waals surface area contributed by atoms with Crippen LogP contribution in [0.3, 0.4) is 0 Å². The Balaban J connectivity index is 1.45. The predicted molar refractivity (Wildman–Crippen MR) is 97.0 cm³/mol. The third-order valence-electron chi connectivity index (χ3n) is 4.24. The molecule has 0 amide bonds. The largest absolute Gasteiger partial charge is 0.493 e. The molecule has 0 atom stereocenters.